The number of esters is 1. The second kappa shape index (κ2) is 6.23. The van der Waals surface area contributed by atoms with Gasteiger partial charge in [0, 0.05) is 18.1 Å². The number of carbonyl (C=O) groups is 1. The van der Waals surface area contributed by atoms with Crippen LogP contribution in [0.5, 0.6) is 0 Å². The van der Waals surface area contributed by atoms with E-state index < -0.39 is 22.0 Å². The van der Waals surface area contributed by atoms with Crippen LogP contribution < -0.4 is 0 Å². The van der Waals surface area contributed by atoms with E-state index in [4.69, 9.17) is 4.74 Å². The van der Waals surface area contributed by atoms with Crippen LogP contribution in [0.15, 0.2) is 0 Å². The van der Waals surface area contributed by atoms with E-state index in [0.29, 0.717) is 18.1 Å². The number of halogens is 1. The SMILES string of the molecule is CCOC(=O)C1CSCCN1S(=O)(=O)CBr. The van der Waals surface area contributed by atoms with Crippen LogP contribution in [0.1, 0.15) is 6.92 Å². The molecule has 94 valence electrons. The molecule has 1 aliphatic heterocycles. The molecular weight excluding hydrogens is 318 g/mol. The molecule has 1 atom stereocenters. The summed E-state index contributed by atoms with van der Waals surface area (Å²) in [4.78, 5) is 11.6. The first-order chi connectivity index (χ1) is 7.53. The molecule has 5 nitrogen and oxygen atoms in total. The minimum atomic E-state index is -3.40. The van der Waals surface area contributed by atoms with Gasteiger partial charge in [-0.05, 0) is 6.92 Å². The summed E-state index contributed by atoms with van der Waals surface area (Å²) in [6, 6.07) is -0.679. The third-order valence-electron chi connectivity index (χ3n) is 2.13. The zero-order chi connectivity index (χ0) is 12.2. The van der Waals surface area contributed by atoms with E-state index in [2.05, 4.69) is 15.9 Å². The molecule has 1 saturated heterocycles. The molecule has 1 aliphatic rings. The molecule has 8 heteroatoms. The monoisotopic (exact) mass is 331 g/mol. The Kier molecular flexibility index (Phi) is 5.55. The lowest BCUT2D eigenvalue weighted by molar-refractivity contribution is -0.146. The lowest BCUT2D eigenvalue weighted by Gasteiger charge is -2.31. The molecule has 1 rings (SSSR count). The molecule has 0 N–H and O–H groups in total. The summed E-state index contributed by atoms with van der Waals surface area (Å²) in [6.45, 7) is 2.33. The van der Waals surface area contributed by atoms with Crippen molar-refractivity contribution in [1.29, 1.82) is 0 Å². The smallest absolute Gasteiger partial charge is 0.325 e. The van der Waals surface area contributed by atoms with Crippen LogP contribution in [0.3, 0.4) is 0 Å². The fraction of sp³-hybridized carbons (Fsp3) is 0.875. The summed E-state index contributed by atoms with van der Waals surface area (Å²) in [5.41, 5.74) is 0. The van der Waals surface area contributed by atoms with Gasteiger partial charge in [-0.3, -0.25) is 4.79 Å². The minimum Gasteiger partial charge on any atom is -0.465 e. The molecule has 0 radical (unpaired) electrons. The van der Waals surface area contributed by atoms with E-state index in [0.717, 1.165) is 0 Å². The average molecular weight is 332 g/mol. The van der Waals surface area contributed by atoms with Crippen molar-refractivity contribution >= 4 is 43.7 Å². The lowest BCUT2D eigenvalue weighted by atomic mass is 10.3. The van der Waals surface area contributed by atoms with Gasteiger partial charge in [-0.2, -0.15) is 16.1 Å². The van der Waals surface area contributed by atoms with Crippen LogP contribution in [0.25, 0.3) is 0 Å². The molecule has 0 aliphatic carbocycles. The number of nitrogens with zero attached hydrogens (tertiary/aromatic N) is 1. The van der Waals surface area contributed by atoms with Gasteiger partial charge in [-0.15, -0.1) is 0 Å². The number of ether oxygens (including phenoxy) is 1. The average Bonchev–Trinajstić information content (AvgIpc) is 2.29. The summed E-state index contributed by atoms with van der Waals surface area (Å²) >= 11 is 4.50. The molecule has 1 fully saturated rings. The third kappa shape index (κ3) is 3.35. The largest absolute Gasteiger partial charge is 0.465 e. The number of rotatable bonds is 4. The Labute approximate surface area is 108 Å². The van der Waals surface area contributed by atoms with Crippen molar-refractivity contribution in [2.24, 2.45) is 0 Å². The zero-order valence-electron chi connectivity index (χ0n) is 8.89. The van der Waals surface area contributed by atoms with Crippen molar-refractivity contribution in [3.05, 3.63) is 0 Å². The first kappa shape index (κ1) is 14.3. The summed E-state index contributed by atoms with van der Waals surface area (Å²) in [7, 11) is -3.40. The fourth-order valence-electron chi connectivity index (χ4n) is 1.41. The van der Waals surface area contributed by atoms with E-state index in [1.165, 1.54) is 4.31 Å². The molecular formula is C8H14BrNO4S2. The number of sulfonamides is 1. The van der Waals surface area contributed by atoms with Crippen molar-refractivity contribution in [3.8, 4) is 0 Å². The summed E-state index contributed by atoms with van der Waals surface area (Å²) in [6.07, 6.45) is 0. The second-order valence-electron chi connectivity index (χ2n) is 3.17. The van der Waals surface area contributed by atoms with E-state index in [1.807, 2.05) is 0 Å². The highest BCUT2D eigenvalue weighted by molar-refractivity contribution is 9.10. The predicted molar refractivity (Wildman–Crippen MR) is 67.2 cm³/mol. The van der Waals surface area contributed by atoms with Gasteiger partial charge in [-0.25, -0.2) is 8.42 Å². The van der Waals surface area contributed by atoms with E-state index in [9.17, 15) is 13.2 Å². The Morgan fingerprint density at radius 1 is 1.62 bits per heavy atom. The van der Waals surface area contributed by atoms with Crippen LogP contribution in [-0.2, 0) is 19.6 Å². The molecule has 0 spiro atoms. The highest BCUT2D eigenvalue weighted by atomic mass is 79.9. The molecule has 0 aromatic heterocycles. The van der Waals surface area contributed by atoms with Crippen LogP contribution in [0.2, 0.25) is 0 Å². The highest BCUT2D eigenvalue weighted by Gasteiger charge is 2.37. The van der Waals surface area contributed by atoms with Gasteiger partial charge >= 0.3 is 5.97 Å². The second-order valence-corrected chi connectivity index (χ2v) is 7.55. The molecule has 1 unspecified atom stereocenters. The van der Waals surface area contributed by atoms with Gasteiger partial charge in [0.05, 0.1) is 6.61 Å². The standard InChI is InChI=1S/C8H14BrNO4S2/c1-2-14-8(11)7-5-15-4-3-10(7)16(12,13)6-9/h7H,2-6H2,1H3. The molecule has 0 aromatic carbocycles. The molecule has 0 saturated carbocycles. The van der Waals surface area contributed by atoms with E-state index in [1.54, 1.807) is 18.7 Å². The van der Waals surface area contributed by atoms with Gasteiger partial charge in [-0.1, -0.05) is 15.9 Å². The lowest BCUT2D eigenvalue weighted by Crippen LogP contribution is -2.51. The highest BCUT2D eigenvalue weighted by Crippen LogP contribution is 2.21. The normalized spacial score (nSPS) is 23.0. The van der Waals surface area contributed by atoms with Crippen molar-refractivity contribution in [2.45, 2.75) is 13.0 Å². The first-order valence-electron chi connectivity index (χ1n) is 4.82. The fourth-order valence-corrected chi connectivity index (χ4v) is 4.48. The number of thioether (sulfide) groups is 1. The molecule has 0 bridgehead atoms. The minimum absolute atomic E-state index is 0.166. The van der Waals surface area contributed by atoms with E-state index >= 15 is 0 Å². The Balaban J connectivity index is 2.83. The van der Waals surface area contributed by atoms with Crippen molar-refractivity contribution in [2.75, 3.05) is 29.3 Å². The first-order valence-corrected chi connectivity index (χ1v) is 8.71. The van der Waals surface area contributed by atoms with Crippen molar-refractivity contribution < 1.29 is 17.9 Å². The topological polar surface area (TPSA) is 63.7 Å². The molecule has 16 heavy (non-hydrogen) atoms. The van der Waals surface area contributed by atoms with Gasteiger partial charge in [0.15, 0.2) is 0 Å². The zero-order valence-corrected chi connectivity index (χ0v) is 12.1. The van der Waals surface area contributed by atoms with Crippen LogP contribution in [0.4, 0.5) is 0 Å². The summed E-state index contributed by atoms with van der Waals surface area (Å²) < 4.78 is 29.4. The van der Waals surface area contributed by atoms with E-state index in [-0.39, 0.29) is 11.3 Å². The number of hydrogen-bond acceptors (Lipinski definition) is 5. The van der Waals surface area contributed by atoms with Gasteiger partial charge in [0.2, 0.25) is 10.0 Å². The summed E-state index contributed by atoms with van der Waals surface area (Å²) in [5.74, 6) is 0.715. The number of hydrogen-bond donors (Lipinski definition) is 0. The molecule has 1 heterocycles. The summed E-state index contributed by atoms with van der Waals surface area (Å²) in [5, 5.41) is 0. The maximum atomic E-state index is 11.7. The van der Waals surface area contributed by atoms with Crippen LogP contribution >= 0.6 is 27.7 Å². The Hall–Kier alpha value is 0.210. The Morgan fingerprint density at radius 2 is 2.31 bits per heavy atom. The molecule has 0 aromatic rings. The van der Waals surface area contributed by atoms with Crippen molar-refractivity contribution in [3.63, 3.8) is 0 Å². The van der Waals surface area contributed by atoms with Crippen molar-refractivity contribution in [1.82, 2.24) is 4.31 Å². The Morgan fingerprint density at radius 3 is 2.88 bits per heavy atom. The van der Waals surface area contributed by atoms with Gasteiger partial charge < -0.3 is 4.74 Å². The predicted octanol–water partition coefficient (Wildman–Crippen LogP) is 0.649. The molecule has 0 amide bonds. The quantitative estimate of drug-likeness (QED) is 0.559. The third-order valence-corrected chi connectivity index (χ3v) is 6.32. The number of carbonyl (C=O) groups excluding carboxylic acids is 1. The van der Waals surface area contributed by atoms with Crippen LogP contribution in [-0.4, -0.2) is 54.1 Å². The maximum absolute atomic E-state index is 11.7. The van der Waals surface area contributed by atoms with Gasteiger partial charge in [0.25, 0.3) is 0 Å². The maximum Gasteiger partial charge on any atom is 0.325 e. The van der Waals surface area contributed by atoms with Gasteiger partial charge in [0.1, 0.15) is 10.7 Å². The number of alkyl halides is 1. The van der Waals surface area contributed by atoms with Crippen LogP contribution in [0, 0.1) is 0 Å². The Bertz CT molecular complexity index is 346.